The van der Waals surface area contributed by atoms with Gasteiger partial charge in [-0.25, -0.2) is 4.98 Å². The summed E-state index contributed by atoms with van der Waals surface area (Å²) in [6, 6.07) is 6.30. The zero-order chi connectivity index (χ0) is 22.3. The van der Waals surface area contributed by atoms with Crippen molar-refractivity contribution in [2.24, 2.45) is 0 Å². The molecule has 1 fully saturated rings. The van der Waals surface area contributed by atoms with Crippen LogP contribution in [0, 0.1) is 27.7 Å². The van der Waals surface area contributed by atoms with Crippen LogP contribution in [0.3, 0.4) is 0 Å². The Hall–Kier alpha value is -2.51. The monoisotopic (exact) mass is 454 g/mol. The second-order valence-electron chi connectivity index (χ2n) is 8.21. The van der Waals surface area contributed by atoms with E-state index in [1.54, 1.807) is 4.90 Å². The first-order chi connectivity index (χ1) is 14.7. The van der Waals surface area contributed by atoms with E-state index in [4.69, 9.17) is 4.74 Å². The van der Waals surface area contributed by atoms with Crippen LogP contribution in [0.25, 0.3) is 0 Å². The molecule has 7 heteroatoms. The van der Waals surface area contributed by atoms with Gasteiger partial charge in [-0.15, -0.1) is 11.3 Å². The van der Waals surface area contributed by atoms with E-state index in [9.17, 15) is 9.59 Å². The maximum atomic E-state index is 13.3. The van der Waals surface area contributed by atoms with Crippen molar-refractivity contribution in [3.05, 3.63) is 61.3 Å². The fourth-order valence-electron chi connectivity index (χ4n) is 3.79. The highest BCUT2D eigenvalue weighted by atomic mass is 32.1. The molecule has 1 aliphatic rings. The number of aromatic nitrogens is 1. The summed E-state index contributed by atoms with van der Waals surface area (Å²) in [5, 5.41) is 2.60. The van der Waals surface area contributed by atoms with Crippen LogP contribution in [0.2, 0.25) is 0 Å². The molecule has 0 bridgehead atoms. The lowest BCUT2D eigenvalue weighted by molar-refractivity contribution is 0.0986. The van der Waals surface area contributed by atoms with Gasteiger partial charge in [-0.3, -0.25) is 14.5 Å². The predicted molar refractivity (Wildman–Crippen MR) is 126 cm³/mol. The highest BCUT2D eigenvalue weighted by Crippen LogP contribution is 2.37. The third-order valence-electron chi connectivity index (χ3n) is 5.29. The van der Waals surface area contributed by atoms with Crippen LogP contribution in [-0.4, -0.2) is 22.7 Å². The van der Waals surface area contributed by atoms with Gasteiger partial charge in [0.2, 0.25) is 0 Å². The van der Waals surface area contributed by atoms with Crippen molar-refractivity contribution in [1.29, 1.82) is 0 Å². The number of aryl methyl sites for hydroxylation is 4. The molecule has 162 valence electrons. The van der Waals surface area contributed by atoms with Crippen molar-refractivity contribution in [3.63, 3.8) is 0 Å². The van der Waals surface area contributed by atoms with Gasteiger partial charge < -0.3 is 4.74 Å². The van der Waals surface area contributed by atoms with E-state index >= 15 is 0 Å². The van der Waals surface area contributed by atoms with Crippen molar-refractivity contribution < 1.29 is 14.3 Å². The third-order valence-corrected chi connectivity index (χ3v) is 7.52. The standard InChI is InChI=1S/C24H26N2O3S2/c1-13-8-14(2)21(15(3)9-13)29-11-18-10-20(30-12-18)23(28)26(19-6-7-19)24-25-16(4)22(31-24)17(5)27/h8-10,12,19H,6-7,11H2,1-5H3. The molecule has 0 N–H and O–H groups in total. The van der Waals surface area contributed by atoms with Crippen molar-refractivity contribution in [3.8, 4) is 5.75 Å². The molecule has 2 heterocycles. The summed E-state index contributed by atoms with van der Waals surface area (Å²) in [6.07, 6.45) is 1.93. The first-order valence-corrected chi connectivity index (χ1v) is 12.0. The molecular formula is C24H26N2O3S2. The van der Waals surface area contributed by atoms with Crippen LogP contribution in [0.4, 0.5) is 5.13 Å². The molecular weight excluding hydrogens is 428 g/mol. The summed E-state index contributed by atoms with van der Waals surface area (Å²) in [4.78, 5) is 32.8. The minimum absolute atomic E-state index is 0.0123. The molecule has 1 aliphatic carbocycles. The van der Waals surface area contributed by atoms with Crippen molar-refractivity contribution in [1.82, 2.24) is 4.98 Å². The lowest BCUT2D eigenvalue weighted by Crippen LogP contribution is -2.32. The van der Waals surface area contributed by atoms with Gasteiger partial charge in [0.25, 0.3) is 5.91 Å². The lowest BCUT2D eigenvalue weighted by atomic mass is 10.1. The van der Waals surface area contributed by atoms with Crippen molar-refractivity contribution in [2.45, 2.75) is 60.1 Å². The number of hydrogen-bond donors (Lipinski definition) is 0. The van der Waals surface area contributed by atoms with E-state index in [-0.39, 0.29) is 17.7 Å². The normalized spacial score (nSPS) is 13.3. The number of Topliss-reactive ketones (excluding diaryl/α,β-unsaturated/α-hetero) is 1. The first kappa shape index (κ1) is 21.7. The highest BCUT2D eigenvalue weighted by Gasteiger charge is 2.37. The number of thiophene rings is 1. The van der Waals surface area contributed by atoms with Gasteiger partial charge in [-0.2, -0.15) is 0 Å². The maximum absolute atomic E-state index is 13.3. The van der Waals surface area contributed by atoms with Gasteiger partial charge in [0.05, 0.1) is 15.4 Å². The number of nitrogens with zero attached hydrogens (tertiary/aromatic N) is 2. The Labute approximate surface area is 190 Å². The lowest BCUT2D eigenvalue weighted by Gasteiger charge is -2.18. The minimum atomic E-state index is -0.0506. The van der Waals surface area contributed by atoms with Crippen molar-refractivity contribution >= 4 is 39.5 Å². The molecule has 0 unspecified atom stereocenters. The number of anilines is 1. The molecule has 5 nitrogen and oxygen atoms in total. The van der Waals surface area contributed by atoms with E-state index in [2.05, 4.69) is 37.9 Å². The van der Waals surface area contributed by atoms with Gasteiger partial charge in [-0.1, -0.05) is 29.0 Å². The van der Waals surface area contributed by atoms with E-state index in [1.165, 1.54) is 35.2 Å². The summed E-state index contributed by atoms with van der Waals surface area (Å²) < 4.78 is 6.09. The zero-order valence-electron chi connectivity index (χ0n) is 18.4. The Morgan fingerprint density at radius 2 is 1.81 bits per heavy atom. The zero-order valence-corrected chi connectivity index (χ0v) is 20.1. The number of thiazole rings is 1. The third kappa shape index (κ3) is 4.57. The largest absolute Gasteiger partial charge is 0.488 e. The van der Waals surface area contributed by atoms with E-state index in [0.717, 1.165) is 35.3 Å². The number of ketones is 1. The van der Waals surface area contributed by atoms with Crippen molar-refractivity contribution in [2.75, 3.05) is 4.90 Å². The SMILES string of the molecule is CC(=O)c1sc(N(C(=O)c2cc(COc3c(C)cc(C)cc3C)cs2)C2CC2)nc1C. The van der Waals surface area contributed by atoms with Gasteiger partial charge in [0.15, 0.2) is 10.9 Å². The molecule has 31 heavy (non-hydrogen) atoms. The van der Waals surface area contributed by atoms with Crippen LogP contribution < -0.4 is 9.64 Å². The molecule has 3 aromatic rings. The Morgan fingerprint density at radius 3 is 2.39 bits per heavy atom. The number of amides is 1. The summed E-state index contributed by atoms with van der Waals surface area (Å²) in [7, 11) is 0. The Bertz CT molecular complexity index is 1130. The number of benzene rings is 1. The summed E-state index contributed by atoms with van der Waals surface area (Å²) in [5.41, 5.74) is 5.11. The number of rotatable bonds is 7. The van der Waals surface area contributed by atoms with Crippen LogP contribution in [0.1, 0.15) is 67.1 Å². The number of hydrogen-bond acceptors (Lipinski definition) is 6. The smallest absolute Gasteiger partial charge is 0.270 e. The molecule has 1 amide bonds. The molecule has 0 spiro atoms. The van der Waals surface area contributed by atoms with E-state index in [0.29, 0.717) is 27.2 Å². The minimum Gasteiger partial charge on any atom is -0.488 e. The number of carbonyl (C=O) groups excluding carboxylic acids is 2. The van der Waals surface area contributed by atoms with Crippen LogP contribution >= 0.6 is 22.7 Å². The number of carbonyl (C=O) groups is 2. The maximum Gasteiger partial charge on any atom is 0.270 e. The van der Waals surface area contributed by atoms with E-state index < -0.39 is 0 Å². The number of ether oxygens (including phenoxy) is 1. The molecule has 1 aromatic carbocycles. The first-order valence-electron chi connectivity index (χ1n) is 10.3. The molecule has 4 rings (SSSR count). The second-order valence-corrected chi connectivity index (χ2v) is 10.1. The summed E-state index contributed by atoms with van der Waals surface area (Å²) >= 11 is 2.74. The molecule has 1 saturated carbocycles. The molecule has 0 saturated heterocycles. The Balaban J connectivity index is 1.52. The quantitative estimate of drug-likeness (QED) is 0.409. The van der Waals surface area contributed by atoms with Gasteiger partial charge >= 0.3 is 0 Å². The molecule has 0 radical (unpaired) electrons. The Morgan fingerprint density at radius 1 is 1.13 bits per heavy atom. The van der Waals surface area contributed by atoms with Crippen LogP contribution in [0.5, 0.6) is 5.75 Å². The fourth-order valence-corrected chi connectivity index (χ4v) is 5.65. The van der Waals surface area contributed by atoms with Crippen LogP contribution in [0.15, 0.2) is 23.6 Å². The van der Waals surface area contributed by atoms with Gasteiger partial charge in [-0.05, 0) is 63.1 Å². The summed E-state index contributed by atoms with van der Waals surface area (Å²) in [6.45, 7) is 9.96. The Kier molecular flexibility index (Phi) is 5.99. The molecule has 0 aliphatic heterocycles. The fraction of sp³-hybridized carbons (Fsp3) is 0.375. The topological polar surface area (TPSA) is 59.5 Å². The van der Waals surface area contributed by atoms with E-state index in [1.807, 2.05) is 18.4 Å². The summed E-state index contributed by atoms with van der Waals surface area (Å²) in [5.74, 6) is 0.839. The second kappa shape index (κ2) is 8.55. The molecule has 0 atom stereocenters. The predicted octanol–water partition coefficient (Wildman–Crippen LogP) is 6.03. The average Bonchev–Trinajstić information content (AvgIpc) is 3.26. The highest BCUT2D eigenvalue weighted by molar-refractivity contribution is 7.18. The van der Waals surface area contributed by atoms with Gasteiger partial charge in [0.1, 0.15) is 12.4 Å². The molecule has 2 aromatic heterocycles. The average molecular weight is 455 g/mol. The van der Waals surface area contributed by atoms with Crippen LogP contribution in [-0.2, 0) is 6.61 Å². The van der Waals surface area contributed by atoms with Gasteiger partial charge in [0, 0.05) is 18.5 Å².